The predicted molar refractivity (Wildman–Crippen MR) is 85.2 cm³/mol. The summed E-state index contributed by atoms with van der Waals surface area (Å²) >= 11 is 1.71. The average molecular weight is 285 g/mol. The van der Waals surface area contributed by atoms with Gasteiger partial charge in [-0.25, -0.2) is 4.98 Å². The highest BCUT2D eigenvalue weighted by molar-refractivity contribution is 7.08. The second-order valence-corrected chi connectivity index (χ2v) is 5.88. The highest BCUT2D eigenvalue weighted by atomic mass is 32.1. The molecule has 104 valence electrons. The standard InChI is InChI=1S/C16H19N3S/c1-3-15-18-13-6-4-5-7-14(13)19(15)16(11(2)17)12-8-9-20-10-12/h4-11,16H,3,17H2,1-2H3. The Labute approximate surface area is 123 Å². The molecule has 0 saturated heterocycles. The van der Waals surface area contributed by atoms with Gasteiger partial charge in [0.05, 0.1) is 17.1 Å². The lowest BCUT2D eigenvalue weighted by molar-refractivity contribution is 0.493. The lowest BCUT2D eigenvalue weighted by Crippen LogP contribution is -2.31. The molecule has 0 aliphatic rings. The molecule has 0 aliphatic heterocycles. The van der Waals surface area contributed by atoms with E-state index in [-0.39, 0.29) is 12.1 Å². The summed E-state index contributed by atoms with van der Waals surface area (Å²) in [7, 11) is 0. The number of fused-ring (bicyclic) bond motifs is 1. The van der Waals surface area contributed by atoms with Gasteiger partial charge in [-0.05, 0) is 41.4 Å². The maximum absolute atomic E-state index is 6.29. The molecule has 2 N–H and O–H groups in total. The maximum atomic E-state index is 6.29. The molecular weight excluding hydrogens is 266 g/mol. The van der Waals surface area contributed by atoms with Crippen molar-refractivity contribution < 1.29 is 0 Å². The number of hydrogen-bond donors (Lipinski definition) is 1. The van der Waals surface area contributed by atoms with Crippen LogP contribution in [0.15, 0.2) is 41.1 Å². The highest BCUT2D eigenvalue weighted by Gasteiger charge is 2.23. The molecular formula is C16H19N3S. The van der Waals surface area contributed by atoms with Gasteiger partial charge < -0.3 is 10.3 Å². The molecule has 3 nitrogen and oxygen atoms in total. The van der Waals surface area contributed by atoms with Crippen molar-refractivity contribution in [1.82, 2.24) is 9.55 Å². The van der Waals surface area contributed by atoms with Crippen LogP contribution in [0, 0.1) is 0 Å². The molecule has 2 unspecified atom stereocenters. The van der Waals surface area contributed by atoms with Crippen LogP contribution in [0.3, 0.4) is 0 Å². The number of rotatable bonds is 4. The van der Waals surface area contributed by atoms with E-state index in [0.717, 1.165) is 23.3 Å². The van der Waals surface area contributed by atoms with Crippen LogP contribution in [0.4, 0.5) is 0 Å². The third-order valence-electron chi connectivity index (χ3n) is 3.65. The molecule has 2 aromatic heterocycles. The Bertz CT molecular complexity index is 698. The van der Waals surface area contributed by atoms with E-state index in [1.54, 1.807) is 11.3 Å². The lowest BCUT2D eigenvalue weighted by Gasteiger charge is -2.24. The van der Waals surface area contributed by atoms with Crippen LogP contribution in [0.2, 0.25) is 0 Å². The number of imidazole rings is 1. The zero-order valence-electron chi connectivity index (χ0n) is 11.8. The van der Waals surface area contributed by atoms with E-state index in [9.17, 15) is 0 Å². The molecule has 3 rings (SSSR count). The molecule has 4 heteroatoms. The fourth-order valence-corrected chi connectivity index (χ4v) is 3.47. The summed E-state index contributed by atoms with van der Waals surface area (Å²) in [6.07, 6.45) is 0.905. The molecule has 0 aliphatic carbocycles. The van der Waals surface area contributed by atoms with Crippen molar-refractivity contribution in [1.29, 1.82) is 0 Å². The summed E-state index contributed by atoms with van der Waals surface area (Å²) in [6.45, 7) is 4.21. The van der Waals surface area contributed by atoms with Gasteiger partial charge in [0.1, 0.15) is 5.82 Å². The maximum Gasteiger partial charge on any atom is 0.110 e. The summed E-state index contributed by atoms with van der Waals surface area (Å²) in [5, 5.41) is 4.29. The minimum atomic E-state index is 0.0347. The van der Waals surface area contributed by atoms with Crippen molar-refractivity contribution >= 4 is 22.4 Å². The van der Waals surface area contributed by atoms with Gasteiger partial charge in [0.25, 0.3) is 0 Å². The monoisotopic (exact) mass is 285 g/mol. The molecule has 0 radical (unpaired) electrons. The van der Waals surface area contributed by atoms with Gasteiger partial charge in [-0.3, -0.25) is 0 Å². The van der Waals surface area contributed by atoms with Crippen molar-refractivity contribution in [2.24, 2.45) is 5.73 Å². The van der Waals surface area contributed by atoms with E-state index in [1.165, 1.54) is 5.56 Å². The third-order valence-corrected chi connectivity index (χ3v) is 4.35. The van der Waals surface area contributed by atoms with Crippen molar-refractivity contribution in [2.45, 2.75) is 32.4 Å². The van der Waals surface area contributed by atoms with Gasteiger partial charge in [0, 0.05) is 12.5 Å². The largest absolute Gasteiger partial charge is 0.326 e. The summed E-state index contributed by atoms with van der Waals surface area (Å²) in [6, 6.07) is 10.6. The van der Waals surface area contributed by atoms with Gasteiger partial charge in [0.2, 0.25) is 0 Å². The second-order valence-electron chi connectivity index (χ2n) is 5.10. The SMILES string of the molecule is CCc1nc2ccccc2n1C(c1ccsc1)C(C)N. The van der Waals surface area contributed by atoms with E-state index in [4.69, 9.17) is 10.7 Å². The van der Waals surface area contributed by atoms with Gasteiger partial charge in [-0.2, -0.15) is 11.3 Å². The Morgan fingerprint density at radius 2 is 2.10 bits per heavy atom. The van der Waals surface area contributed by atoms with Crippen LogP contribution in [-0.4, -0.2) is 15.6 Å². The number of hydrogen-bond acceptors (Lipinski definition) is 3. The molecule has 2 atom stereocenters. The molecule has 20 heavy (non-hydrogen) atoms. The summed E-state index contributed by atoms with van der Waals surface area (Å²) in [4.78, 5) is 4.76. The van der Waals surface area contributed by atoms with Gasteiger partial charge in [0.15, 0.2) is 0 Å². The Hall–Kier alpha value is -1.65. The first-order chi connectivity index (χ1) is 9.72. The first-order valence-electron chi connectivity index (χ1n) is 6.96. The first kappa shape index (κ1) is 13.3. The number of nitrogens with two attached hydrogens (primary N) is 1. The molecule has 0 fully saturated rings. The Morgan fingerprint density at radius 3 is 2.75 bits per heavy atom. The zero-order valence-corrected chi connectivity index (χ0v) is 12.6. The Balaban J connectivity index is 2.25. The number of aryl methyl sites for hydroxylation is 1. The summed E-state index contributed by atoms with van der Waals surface area (Å²) in [5.41, 5.74) is 9.77. The Kier molecular flexibility index (Phi) is 3.59. The average Bonchev–Trinajstić information content (AvgIpc) is 3.07. The normalized spacial score (nSPS) is 14.6. The number of thiophene rings is 1. The van der Waals surface area contributed by atoms with Crippen LogP contribution in [-0.2, 0) is 6.42 Å². The quantitative estimate of drug-likeness (QED) is 0.796. The highest BCUT2D eigenvalue weighted by Crippen LogP contribution is 2.29. The van der Waals surface area contributed by atoms with Crippen molar-refractivity contribution in [3.63, 3.8) is 0 Å². The number of benzene rings is 1. The number of nitrogens with zero attached hydrogens (tertiary/aromatic N) is 2. The van der Waals surface area contributed by atoms with Crippen molar-refractivity contribution in [3.05, 3.63) is 52.5 Å². The van der Waals surface area contributed by atoms with Crippen molar-refractivity contribution in [2.75, 3.05) is 0 Å². The molecule has 1 aromatic carbocycles. The van der Waals surface area contributed by atoms with Gasteiger partial charge >= 0.3 is 0 Å². The van der Waals surface area contributed by atoms with E-state index in [1.807, 2.05) is 6.07 Å². The zero-order chi connectivity index (χ0) is 14.1. The van der Waals surface area contributed by atoms with Crippen LogP contribution >= 0.6 is 11.3 Å². The van der Waals surface area contributed by atoms with E-state index < -0.39 is 0 Å². The van der Waals surface area contributed by atoms with Crippen LogP contribution in [0.25, 0.3) is 11.0 Å². The molecule has 0 spiro atoms. The Morgan fingerprint density at radius 1 is 1.30 bits per heavy atom. The summed E-state index contributed by atoms with van der Waals surface area (Å²) < 4.78 is 2.31. The first-order valence-corrected chi connectivity index (χ1v) is 7.90. The topological polar surface area (TPSA) is 43.8 Å². The fraction of sp³-hybridized carbons (Fsp3) is 0.312. The van der Waals surface area contributed by atoms with E-state index in [2.05, 4.69) is 53.4 Å². The smallest absolute Gasteiger partial charge is 0.110 e. The fourth-order valence-electron chi connectivity index (χ4n) is 2.79. The number of aromatic nitrogens is 2. The third kappa shape index (κ3) is 2.15. The van der Waals surface area contributed by atoms with E-state index in [0.29, 0.717) is 0 Å². The summed E-state index contributed by atoms with van der Waals surface area (Å²) in [5.74, 6) is 1.10. The minimum Gasteiger partial charge on any atom is -0.326 e. The molecule has 0 amide bonds. The van der Waals surface area contributed by atoms with Crippen molar-refractivity contribution in [3.8, 4) is 0 Å². The predicted octanol–water partition coefficient (Wildman–Crippen LogP) is 3.60. The van der Waals surface area contributed by atoms with Crippen LogP contribution in [0.1, 0.15) is 31.3 Å². The van der Waals surface area contributed by atoms with Crippen LogP contribution in [0.5, 0.6) is 0 Å². The number of para-hydroxylation sites is 2. The molecule has 2 heterocycles. The van der Waals surface area contributed by atoms with Crippen LogP contribution < -0.4 is 5.73 Å². The van der Waals surface area contributed by atoms with Gasteiger partial charge in [-0.15, -0.1) is 0 Å². The molecule has 0 bridgehead atoms. The minimum absolute atomic E-state index is 0.0347. The van der Waals surface area contributed by atoms with Gasteiger partial charge in [-0.1, -0.05) is 19.1 Å². The lowest BCUT2D eigenvalue weighted by atomic mass is 10.0. The van der Waals surface area contributed by atoms with E-state index >= 15 is 0 Å². The molecule has 3 aromatic rings. The second kappa shape index (κ2) is 5.38. The molecule has 0 saturated carbocycles.